The third kappa shape index (κ3) is 2.47. The molecule has 0 bridgehead atoms. The van der Waals surface area contributed by atoms with Gasteiger partial charge in [0.15, 0.2) is 0 Å². The summed E-state index contributed by atoms with van der Waals surface area (Å²) >= 11 is 0. The molecular weight excluding hydrogens is 192 g/mol. The Morgan fingerprint density at radius 2 is 2.07 bits per heavy atom. The lowest BCUT2D eigenvalue weighted by Gasteiger charge is -2.27. The van der Waals surface area contributed by atoms with Crippen molar-refractivity contribution >= 4 is 14.6 Å². The highest BCUT2D eigenvalue weighted by Gasteiger charge is 2.25. The van der Waals surface area contributed by atoms with E-state index in [-0.39, 0.29) is 0 Å². The van der Waals surface area contributed by atoms with E-state index in [1.807, 2.05) is 0 Å². The second kappa shape index (κ2) is 4.30. The fourth-order valence-electron chi connectivity index (χ4n) is 1.54. The zero-order valence-electron chi connectivity index (χ0n) is 8.79. The molecule has 0 spiro atoms. The maximum absolute atomic E-state index is 5.78. The molecule has 2 saturated carbocycles. The van der Waals surface area contributed by atoms with Gasteiger partial charge in [0, 0.05) is 5.92 Å². The second-order valence-electron chi connectivity index (χ2n) is 4.22. The zero-order valence-corrected chi connectivity index (χ0v) is 9.79. The molecule has 0 aromatic carbocycles. The average molecular weight is 210 g/mol. The molecule has 0 unspecified atom stereocenters. The van der Waals surface area contributed by atoms with Crippen molar-refractivity contribution in [3.05, 3.63) is 12.3 Å². The van der Waals surface area contributed by atoms with Gasteiger partial charge in [0.25, 0.3) is 0 Å². The van der Waals surface area contributed by atoms with Crippen LogP contribution in [0.5, 0.6) is 0 Å². The molecule has 0 saturated heterocycles. The Balaban J connectivity index is 1.83. The van der Waals surface area contributed by atoms with Crippen molar-refractivity contribution in [3.63, 3.8) is 0 Å². The monoisotopic (exact) mass is 210 g/mol. The maximum atomic E-state index is 5.78. The SMILES string of the molecule is C=C(O[Si](=CC1CC1)OC)C1CCC1. The lowest BCUT2D eigenvalue weighted by molar-refractivity contribution is 0.230. The molecule has 0 heterocycles. The summed E-state index contributed by atoms with van der Waals surface area (Å²) in [6.07, 6.45) is 6.46. The normalized spacial score (nSPS) is 22.8. The van der Waals surface area contributed by atoms with Gasteiger partial charge in [-0.2, -0.15) is 0 Å². The summed E-state index contributed by atoms with van der Waals surface area (Å²) in [6.45, 7) is 4.00. The molecule has 2 rings (SSSR count). The van der Waals surface area contributed by atoms with Gasteiger partial charge in [0.1, 0.15) is 0 Å². The molecule has 0 amide bonds. The number of hydrogen-bond donors (Lipinski definition) is 0. The van der Waals surface area contributed by atoms with Gasteiger partial charge in [-0.25, -0.2) is 0 Å². The molecule has 0 aromatic heterocycles. The van der Waals surface area contributed by atoms with E-state index in [0.717, 1.165) is 11.7 Å². The summed E-state index contributed by atoms with van der Waals surface area (Å²) in [5.41, 5.74) is 2.26. The Morgan fingerprint density at radius 3 is 2.50 bits per heavy atom. The van der Waals surface area contributed by atoms with Crippen molar-refractivity contribution in [2.75, 3.05) is 7.11 Å². The maximum Gasteiger partial charge on any atom is 0.481 e. The molecule has 3 heteroatoms. The summed E-state index contributed by atoms with van der Waals surface area (Å²) in [5.74, 6) is 2.33. The van der Waals surface area contributed by atoms with Crippen LogP contribution in [0.4, 0.5) is 0 Å². The Hall–Kier alpha value is -0.573. The first-order chi connectivity index (χ1) is 6.79. The van der Waals surface area contributed by atoms with Crippen LogP contribution in [0.3, 0.4) is 0 Å². The van der Waals surface area contributed by atoms with Crippen molar-refractivity contribution in [1.82, 2.24) is 0 Å². The molecule has 0 aromatic rings. The fourth-order valence-corrected chi connectivity index (χ4v) is 2.97. The van der Waals surface area contributed by atoms with Gasteiger partial charge in [-0.1, -0.05) is 13.0 Å². The van der Waals surface area contributed by atoms with Crippen LogP contribution in [-0.2, 0) is 8.85 Å². The minimum atomic E-state index is -1.17. The molecule has 0 aliphatic heterocycles. The molecule has 2 fully saturated rings. The van der Waals surface area contributed by atoms with E-state index in [1.165, 1.54) is 32.1 Å². The standard InChI is InChI=1S/C11H18O2Si/c1-9(11-4-3-5-11)13-14(12-2)8-10-6-7-10/h8,10-11H,1,3-7H2,2H3. The molecule has 14 heavy (non-hydrogen) atoms. The molecule has 2 aliphatic rings. The van der Waals surface area contributed by atoms with E-state index in [2.05, 4.69) is 12.3 Å². The number of rotatable bonds is 5. The third-order valence-electron chi connectivity index (χ3n) is 2.99. The quantitative estimate of drug-likeness (QED) is 0.512. The largest absolute Gasteiger partial charge is 0.526 e. The summed E-state index contributed by atoms with van der Waals surface area (Å²) in [6, 6.07) is 0. The Kier molecular flexibility index (Phi) is 3.06. The lowest BCUT2D eigenvalue weighted by Crippen LogP contribution is -2.21. The minimum absolute atomic E-state index is 0.609. The topological polar surface area (TPSA) is 18.5 Å². The third-order valence-corrected chi connectivity index (χ3v) is 4.60. The molecule has 78 valence electrons. The van der Waals surface area contributed by atoms with E-state index in [4.69, 9.17) is 8.85 Å². The average Bonchev–Trinajstić information content (AvgIpc) is 2.83. The molecule has 2 aliphatic carbocycles. The van der Waals surface area contributed by atoms with Crippen LogP contribution in [0.15, 0.2) is 12.3 Å². The van der Waals surface area contributed by atoms with E-state index in [0.29, 0.717) is 5.92 Å². The number of allylic oxidation sites excluding steroid dienone is 1. The minimum Gasteiger partial charge on any atom is -0.526 e. The second-order valence-corrected chi connectivity index (χ2v) is 5.81. The summed E-state index contributed by atoms with van der Waals surface area (Å²) < 4.78 is 11.1. The Morgan fingerprint density at radius 1 is 1.36 bits per heavy atom. The van der Waals surface area contributed by atoms with Gasteiger partial charge in [0.05, 0.1) is 12.9 Å². The van der Waals surface area contributed by atoms with E-state index >= 15 is 0 Å². The summed E-state index contributed by atoms with van der Waals surface area (Å²) in [4.78, 5) is 0. The molecular formula is C11H18O2Si. The van der Waals surface area contributed by atoms with Gasteiger partial charge in [-0.3, -0.25) is 0 Å². The zero-order chi connectivity index (χ0) is 9.97. The molecule has 0 atom stereocenters. The highest BCUT2D eigenvalue weighted by atomic mass is 28.3. The van der Waals surface area contributed by atoms with Crippen LogP contribution in [-0.4, -0.2) is 21.7 Å². The van der Waals surface area contributed by atoms with Crippen molar-refractivity contribution in [3.8, 4) is 0 Å². The van der Waals surface area contributed by atoms with Crippen LogP contribution in [0, 0.1) is 11.8 Å². The van der Waals surface area contributed by atoms with E-state index in [1.54, 1.807) is 7.11 Å². The van der Waals surface area contributed by atoms with Gasteiger partial charge in [-0.05, 0) is 37.3 Å². The summed E-state index contributed by atoms with van der Waals surface area (Å²) in [7, 11) is 0.572. The first-order valence-electron chi connectivity index (χ1n) is 5.42. The van der Waals surface area contributed by atoms with Crippen LogP contribution in [0.1, 0.15) is 32.1 Å². The van der Waals surface area contributed by atoms with Gasteiger partial charge in [0.2, 0.25) is 0 Å². The van der Waals surface area contributed by atoms with Gasteiger partial charge < -0.3 is 8.85 Å². The van der Waals surface area contributed by atoms with E-state index < -0.39 is 8.90 Å². The molecule has 2 nitrogen and oxygen atoms in total. The highest BCUT2D eigenvalue weighted by Crippen LogP contribution is 2.33. The Bertz CT molecular complexity index is 252. The van der Waals surface area contributed by atoms with Crippen LogP contribution in [0.2, 0.25) is 0 Å². The van der Waals surface area contributed by atoms with Crippen LogP contribution in [0.25, 0.3) is 0 Å². The summed E-state index contributed by atoms with van der Waals surface area (Å²) in [5, 5.41) is 0. The molecule has 0 radical (unpaired) electrons. The smallest absolute Gasteiger partial charge is 0.481 e. The first-order valence-corrected chi connectivity index (χ1v) is 6.81. The van der Waals surface area contributed by atoms with Crippen molar-refractivity contribution < 1.29 is 8.85 Å². The predicted octanol–water partition coefficient (Wildman–Crippen LogP) is 2.25. The Labute approximate surface area is 87.4 Å². The lowest BCUT2D eigenvalue weighted by atomic mass is 9.84. The first kappa shape index (κ1) is 9.96. The van der Waals surface area contributed by atoms with Gasteiger partial charge in [-0.15, -0.1) is 0 Å². The van der Waals surface area contributed by atoms with Crippen LogP contribution < -0.4 is 0 Å². The fraction of sp³-hybridized carbons (Fsp3) is 0.727. The van der Waals surface area contributed by atoms with Gasteiger partial charge >= 0.3 is 8.90 Å². The van der Waals surface area contributed by atoms with E-state index in [9.17, 15) is 0 Å². The van der Waals surface area contributed by atoms with Crippen molar-refractivity contribution in [2.24, 2.45) is 11.8 Å². The molecule has 0 N–H and O–H groups in total. The van der Waals surface area contributed by atoms with Crippen LogP contribution >= 0.6 is 0 Å². The number of hydrogen-bond acceptors (Lipinski definition) is 2. The van der Waals surface area contributed by atoms with Crippen molar-refractivity contribution in [1.29, 1.82) is 0 Å². The predicted molar refractivity (Wildman–Crippen MR) is 59.1 cm³/mol. The van der Waals surface area contributed by atoms with Crippen molar-refractivity contribution in [2.45, 2.75) is 32.1 Å². The highest BCUT2D eigenvalue weighted by molar-refractivity contribution is 6.55.